The first-order valence-electron chi connectivity index (χ1n) is 8.91. The maximum absolute atomic E-state index is 13.1. The average Bonchev–Trinajstić information content (AvgIpc) is 3.08. The Hall–Kier alpha value is -2.84. The van der Waals surface area contributed by atoms with Crippen LogP contribution in [0.1, 0.15) is 25.6 Å². The van der Waals surface area contributed by atoms with Crippen LogP contribution in [0, 0.1) is 6.92 Å². The SMILES string of the molecule is COC(=O)c1c(NC(=O)c2c(OC)cccc2OC)sc(C)c1-c1ccc(Br)cc1. The number of anilines is 1. The molecule has 1 heterocycles. The Labute approximate surface area is 186 Å². The number of thiophene rings is 1. The van der Waals surface area contributed by atoms with Crippen LogP contribution < -0.4 is 14.8 Å². The first-order chi connectivity index (χ1) is 14.4. The normalized spacial score (nSPS) is 10.4. The molecule has 0 atom stereocenters. The zero-order valence-corrected chi connectivity index (χ0v) is 19.3. The van der Waals surface area contributed by atoms with E-state index in [1.54, 1.807) is 18.2 Å². The smallest absolute Gasteiger partial charge is 0.341 e. The zero-order chi connectivity index (χ0) is 21.8. The van der Waals surface area contributed by atoms with E-state index < -0.39 is 11.9 Å². The van der Waals surface area contributed by atoms with Crippen LogP contribution in [0.25, 0.3) is 11.1 Å². The topological polar surface area (TPSA) is 73.9 Å². The minimum Gasteiger partial charge on any atom is -0.496 e. The summed E-state index contributed by atoms with van der Waals surface area (Å²) in [7, 11) is 4.27. The summed E-state index contributed by atoms with van der Waals surface area (Å²) in [5.41, 5.74) is 2.13. The van der Waals surface area contributed by atoms with Gasteiger partial charge in [-0.2, -0.15) is 0 Å². The molecule has 0 radical (unpaired) electrons. The number of rotatable bonds is 6. The summed E-state index contributed by atoms with van der Waals surface area (Å²) >= 11 is 4.73. The molecule has 0 bridgehead atoms. The van der Waals surface area contributed by atoms with E-state index in [9.17, 15) is 9.59 Å². The fourth-order valence-corrected chi connectivity index (χ4v) is 4.46. The van der Waals surface area contributed by atoms with Crippen LogP contribution in [0.4, 0.5) is 5.00 Å². The third-order valence-corrected chi connectivity index (χ3v) is 6.04. The predicted molar refractivity (Wildman–Crippen MR) is 121 cm³/mol. The van der Waals surface area contributed by atoms with Crippen molar-refractivity contribution in [2.75, 3.05) is 26.6 Å². The van der Waals surface area contributed by atoms with Crippen molar-refractivity contribution in [2.24, 2.45) is 0 Å². The van der Waals surface area contributed by atoms with Gasteiger partial charge in [0.2, 0.25) is 0 Å². The molecule has 0 spiro atoms. The molecule has 0 saturated heterocycles. The van der Waals surface area contributed by atoms with Gasteiger partial charge in [0.1, 0.15) is 27.6 Å². The van der Waals surface area contributed by atoms with Gasteiger partial charge in [-0.15, -0.1) is 11.3 Å². The minimum absolute atomic E-state index is 0.245. The van der Waals surface area contributed by atoms with Crippen molar-refractivity contribution < 1.29 is 23.8 Å². The molecule has 2 aromatic carbocycles. The highest BCUT2D eigenvalue weighted by atomic mass is 79.9. The molecule has 0 aliphatic heterocycles. The van der Waals surface area contributed by atoms with Crippen molar-refractivity contribution in [1.82, 2.24) is 0 Å². The highest BCUT2D eigenvalue weighted by Crippen LogP contribution is 2.41. The van der Waals surface area contributed by atoms with E-state index in [4.69, 9.17) is 14.2 Å². The second-order valence-electron chi connectivity index (χ2n) is 6.23. The molecule has 30 heavy (non-hydrogen) atoms. The van der Waals surface area contributed by atoms with E-state index in [2.05, 4.69) is 21.2 Å². The Morgan fingerprint density at radius 1 is 0.933 bits per heavy atom. The number of ether oxygens (including phenoxy) is 3. The fourth-order valence-electron chi connectivity index (χ4n) is 3.13. The molecule has 1 N–H and O–H groups in total. The molecule has 3 aromatic rings. The molecule has 156 valence electrons. The maximum Gasteiger partial charge on any atom is 0.341 e. The summed E-state index contributed by atoms with van der Waals surface area (Å²) in [4.78, 5) is 26.6. The molecule has 0 saturated carbocycles. The Morgan fingerprint density at radius 2 is 1.53 bits per heavy atom. The van der Waals surface area contributed by atoms with Gasteiger partial charge in [-0.1, -0.05) is 34.1 Å². The van der Waals surface area contributed by atoms with Gasteiger partial charge in [-0.3, -0.25) is 4.79 Å². The number of aryl methyl sites for hydroxylation is 1. The van der Waals surface area contributed by atoms with E-state index in [1.807, 2.05) is 31.2 Å². The van der Waals surface area contributed by atoms with Crippen molar-refractivity contribution in [3.8, 4) is 22.6 Å². The van der Waals surface area contributed by atoms with Crippen molar-refractivity contribution in [1.29, 1.82) is 0 Å². The predicted octanol–water partition coefficient (Wildman–Crippen LogP) is 5.54. The molecule has 1 aromatic heterocycles. The van der Waals surface area contributed by atoms with Crippen LogP contribution in [0.3, 0.4) is 0 Å². The molecule has 6 nitrogen and oxygen atoms in total. The van der Waals surface area contributed by atoms with Gasteiger partial charge in [0, 0.05) is 14.9 Å². The lowest BCUT2D eigenvalue weighted by molar-refractivity contribution is 0.0603. The van der Waals surface area contributed by atoms with Gasteiger partial charge in [-0.25, -0.2) is 4.79 Å². The van der Waals surface area contributed by atoms with Crippen LogP contribution in [0.15, 0.2) is 46.9 Å². The molecular formula is C22H20BrNO5S. The molecule has 0 aliphatic rings. The minimum atomic E-state index is -0.528. The third-order valence-electron chi connectivity index (χ3n) is 4.49. The number of carbonyl (C=O) groups is 2. The quantitative estimate of drug-likeness (QED) is 0.460. The second kappa shape index (κ2) is 9.32. The number of amides is 1. The van der Waals surface area contributed by atoms with Crippen LogP contribution in [0.2, 0.25) is 0 Å². The summed E-state index contributed by atoms with van der Waals surface area (Å²) in [6.07, 6.45) is 0. The highest BCUT2D eigenvalue weighted by Gasteiger charge is 2.27. The van der Waals surface area contributed by atoms with Gasteiger partial charge in [0.15, 0.2) is 0 Å². The van der Waals surface area contributed by atoms with E-state index >= 15 is 0 Å². The number of hydrogen-bond donors (Lipinski definition) is 1. The molecule has 0 fully saturated rings. The van der Waals surface area contributed by atoms with Crippen molar-refractivity contribution in [2.45, 2.75) is 6.92 Å². The Kier molecular flexibility index (Phi) is 6.79. The van der Waals surface area contributed by atoms with Crippen LogP contribution >= 0.6 is 27.3 Å². The molecule has 8 heteroatoms. The van der Waals surface area contributed by atoms with Crippen molar-refractivity contribution >= 4 is 44.1 Å². The van der Waals surface area contributed by atoms with Crippen LogP contribution in [-0.4, -0.2) is 33.2 Å². The number of methoxy groups -OCH3 is 3. The number of benzene rings is 2. The molecule has 0 aliphatic carbocycles. The number of carbonyl (C=O) groups excluding carboxylic acids is 2. The average molecular weight is 490 g/mol. The number of esters is 1. The van der Waals surface area contributed by atoms with Crippen LogP contribution in [-0.2, 0) is 4.74 Å². The lowest BCUT2D eigenvalue weighted by Gasteiger charge is -2.13. The summed E-state index contributed by atoms with van der Waals surface area (Å²) in [5.74, 6) is -0.238. The zero-order valence-electron chi connectivity index (χ0n) is 16.9. The highest BCUT2D eigenvalue weighted by molar-refractivity contribution is 9.10. The molecule has 3 rings (SSSR count). The monoisotopic (exact) mass is 489 g/mol. The molecule has 1 amide bonds. The summed E-state index contributed by atoms with van der Waals surface area (Å²) < 4.78 is 16.6. The first-order valence-corrected chi connectivity index (χ1v) is 10.5. The Bertz CT molecular complexity index is 1070. The van der Waals surface area contributed by atoms with E-state index in [1.165, 1.54) is 32.7 Å². The largest absolute Gasteiger partial charge is 0.496 e. The van der Waals surface area contributed by atoms with Crippen molar-refractivity contribution in [3.63, 3.8) is 0 Å². The number of hydrogen-bond acceptors (Lipinski definition) is 6. The first kappa shape index (κ1) is 21.9. The fraction of sp³-hybridized carbons (Fsp3) is 0.182. The Morgan fingerprint density at radius 3 is 2.07 bits per heavy atom. The number of halogens is 1. The van der Waals surface area contributed by atoms with E-state index in [0.717, 1.165) is 20.5 Å². The maximum atomic E-state index is 13.1. The standard InChI is InChI=1S/C22H20BrNO5S/c1-12-17(13-8-10-14(23)11-9-13)19(22(26)29-4)21(30-12)24-20(25)18-15(27-2)6-5-7-16(18)28-3/h5-11H,1-4H3,(H,24,25). The summed E-state index contributed by atoms with van der Waals surface area (Å²) in [6, 6.07) is 12.7. The third kappa shape index (κ3) is 4.20. The van der Waals surface area contributed by atoms with Gasteiger partial charge < -0.3 is 19.5 Å². The van der Waals surface area contributed by atoms with Gasteiger partial charge in [0.05, 0.1) is 21.3 Å². The van der Waals surface area contributed by atoms with Crippen LogP contribution in [0.5, 0.6) is 11.5 Å². The van der Waals surface area contributed by atoms with Gasteiger partial charge in [-0.05, 0) is 36.8 Å². The summed E-state index contributed by atoms with van der Waals surface area (Å²) in [6.45, 7) is 1.90. The van der Waals surface area contributed by atoms with Crippen molar-refractivity contribution in [3.05, 3.63) is 62.9 Å². The second-order valence-corrected chi connectivity index (χ2v) is 8.37. The lowest BCUT2D eigenvalue weighted by Crippen LogP contribution is -2.16. The lowest BCUT2D eigenvalue weighted by atomic mass is 10.0. The molecular weight excluding hydrogens is 470 g/mol. The Balaban J connectivity index is 2.10. The van der Waals surface area contributed by atoms with Gasteiger partial charge in [0.25, 0.3) is 5.91 Å². The summed E-state index contributed by atoms with van der Waals surface area (Å²) in [5, 5.41) is 3.24. The van der Waals surface area contributed by atoms with Gasteiger partial charge >= 0.3 is 5.97 Å². The van der Waals surface area contributed by atoms with E-state index in [-0.39, 0.29) is 5.56 Å². The van der Waals surface area contributed by atoms with E-state index in [0.29, 0.717) is 22.1 Å². The number of nitrogens with one attached hydrogen (secondary N) is 1. The molecule has 0 unspecified atom stereocenters.